The van der Waals surface area contributed by atoms with Crippen molar-refractivity contribution in [2.75, 3.05) is 20.3 Å². The maximum atomic E-state index is 12.8. The molecule has 2 aromatic carbocycles. The number of hydrogen-bond acceptors (Lipinski definition) is 4. The lowest BCUT2D eigenvalue weighted by molar-refractivity contribution is -0.127. The standard InChI is InChI=1S/C33H40N2O3/c1-35(28-10-4-2-5-11-28)33(36)15-9-8-14-31(25-18-20-37-21-19-25)27-22-26-23-30(16-17-32(26)34-24-27)38-29-12-6-3-7-13-29/h3,6-7,9,12-13,15-17,22-25,28,31H,2,4-5,8,10-11,14,18-21H2,1H3/b15-9+. The van der Waals surface area contributed by atoms with Gasteiger partial charge in [-0.15, -0.1) is 0 Å². The predicted molar refractivity (Wildman–Crippen MR) is 153 cm³/mol. The van der Waals surface area contributed by atoms with Gasteiger partial charge in [0.15, 0.2) is 0 Å². The SMILES string of the molecule is CN(C(=O)/C=C/CCC(c1cnc2ccc(Oc3ccccc3)cc2c1)C1CCOCC1)C1CCCCC1. The summed E-state index contributed by atoms with van der Waals surface area (Å²) >= 11 is 0. The van der Waals surface area contributed by atoms with E-state index in [0.29, 0.717) is 17.9 Å². The van der Waals surface area contributed by atoms with Gasteiger partial charge in [0, 0.05) is 37.9 Å². The lowest BCUT2D eigenvalue weighted by Gasteiger charge is -2.31. The molecule has 5 heteroatoms. The van der Waals surface area contributed by atoms with Gasteiger partial charge in [-0.05, 0) is 98.4 Å². The van der Waals surface area contributed by atoms with Gasteiger partial charge in [0.25, 0.3) is 0 Å². The van der Waals surface area contributed by atoms with Gasteiger partial charge in [-0.3, -0.25) is 9.78 Å². The number of carbonyl (C=O) groups is 1. The van der Waals surface area contributed by atoms with Gasteiger partial charge in [0.05, 0.1) is 5.52 Å². The number of aromatic nitrogens is 1. The molecule has 0 bridgehead atoms. The third-order valence-electron chi connectivity index (χ3n) is 8.29. The van der Waals surface area contributed by atoms with Crippen LogP contribution in [0.1, 0.15) is 69.3 Å². The fourth-order valence-electron chi connectivity index (χ4n) is 6.04. The van der Waals surface area contributed by atoms with Crippen LogP contribution in [0.3, 0.4) is 0 Å². The predicted octanol–water partition coefficient (Wildman–Crippen LogP) is 7.66. The van der Waals surface area contributed by atoms with Crippen LogP contribution in [0.25, 0.3) is 10.9 Å². The summed E-state index contributed by atoms with van der Waals surface area (Å²) in [5, 5.41) is 1.09. The Hall–Kier alpha value is -3.18. The average molecular weight is 513 g/mol. The van der Waals surface area contributed by atoms with Crippen LogP contribution in [0, 0.1) is 5.92 Å². The zero-order chi connectivity index (χ0) is 26.2. The molecule has 1 aromatic heterocycles. The van der Waals surface area contributed by atoms with E-state index in [1.807, 2.05) is 60.6 Å². The van der Waals surface area contributed by atoms with Crippen LogP contribution in [-0.4, -0.2) is 42.1 Å². The molecule has 0 spiro atoms. The van der Waals surface area contributed by atoms with E-state index in [1.165, 1.54) is 24.8 Å². The lowest BCUT2D eigenvalue weighted by atomic mass is 9.79. The number of hydrogen-bond donors (Lipinski definition) is 0. The van der Waals surface area contributed by atoms with Crippen molar-refractivity contribution in [1.29, 1.82) is 0 Å². The summed E-state index contributed by atoms with van der Waals surface area (Å²) in [6.45, 7) is 1.63. The van der Waals surface area contributed by atoms with Crippen molar-refractivity contribution in [3.8, 4) is 11.5 Å². The molecular weight excluding hydrogens is 472 g/mol. The Morgan fingerprint density at radius 2 is 1.82 bits per heavy atom. The van der Waals surface area contributed by atoms with Crippen molar-refractivity contribution in [3.05, 3.63) is 78.5 Å². The highest BCUT2D eigenvalue weighted by atomic mass is 16.5. The van der Waals surface area contributed by atoms with Gasteiger partial charge in [-0.25, -0.2) is 0 Å². The maximum Gasteiger partial charge on any atom is 0.246 e. The molecule has 1 saturated carbocycles. The second-order valence-corrected chi connectivity index (χ2v) is 10.8. The zero-order valence-corrected chi connectivity index (χ0v) is 22.6. The van der Waals surface area contributed by atoms with Crippen molar-refractivity contribution in [2.24, 2.45) is 5.92 Å². The van der Waals surface area contributed by atoms with Crippen LogP contribution in [0.15, 0.2) is 72.9 Å². The largest absolute Gasteiger partial charge is 0.457 e. The highest BCUT2D eigenvalue weighted by Gasteiger charge is 2.26. The van der Waals surface area contributed by atoms with E-state index in [0.717, 1.165) is 74.1 Å². The summed E-state index contributed by atoms with van der Waals surface area (Å²) in [6, 6.07) is 18.6. The number of amides is 1. The highest BCUT2D eigenvalue weighted by Crippen LogP contribution is 2.37. The van der Waals surface area contributed by atoms with Gasteiger partial charge in [-0.1, -0.05) is 43.5 Å². The number of allylic oxidation sites excluding steroid dienone is 1. The summed E-state index contributed by atoms with van der Waals surface area (Å²) in [7, 11) is 1.96. The molecule has 1 atom stereocenters. The summed E-state index contributed by atoms with van der Waals surface area (Å²) in [6.07, 6.45) is 16.0. The number of ether oxygens (including phenoxy) is 2. The van der Waals surface area contributed by atoms with E-state index in [9.17, 15) is 4.79 Å². The van der Waals surface area contributed by atoms with E-state index >= 15 is 0 Å². The van der Waals surface area contributed by atoms with E-state index < -0.39 is 0 Å². The summed E-state index contributed by atoms with van der Waals surface area (Å²) in [5.74, 6) is 2.71. The molecule has 3 aromatic rings. The third-order valence-corrected chi connectivity index (χ3v) is 8.29. The molecule has 1 unspecified atom stereocenters. The normalized spacial score (nSPS) is 18.0. The molecule has 2 aliphatic rings. The van der Waals surface area contributed by atoms with Crippen LogP contribution in [-0.2, 0) is 9.53 Å². The molecular formula is C33H40N2O3. The first-order chi connectivity index (χ1) is 18.7. The Balaban J connectivity index is 1.29. The molecule has 1 aliphatic heterocycles. The van der Waals surface area contributed by atoms with Crippen molar-refractivity contribution in [2.45, 2.75) is 69.7 Å². The van der Waals surface area contributed by atoms with Crippen LogP contribution >= 0.6 is 0 Å². The second-order valence-electron chi connectivity index (χ2n) is 10.8. The molecule has 38 heavy (non-hydrogen) atoms. The van der Waals surface area contributed by atoms with Crippen LogP contribution in [0.4, 0.5) is 0 Å². The Morgan fingerprint density at radius 1 is 1.03 bits per heavy atom. The van der Waals surface area contributed by atoms with Gasteiger partial charge >= 0.3 is 0 Å². The van der Waals surface area contributed by atoms with Crippen molar-refractivity contribution >= 4 is 16.8 Å². The second kappa shape index (κ2) is 13.1. The van der Waals surface area contributed by atoms with E-state index in [-0.39, 0.29) is 5.91 Å². The van der Waals surface area contributed by atoms with Crippen LogP contribution in [0.2, 0.25) is 0 Å². The van der Waals surface area contributed by atoms with Crippen LogP contribution in [0.5, 0.6) is 11.5 Å². The lowest BCUT2D eigenvalue weighted by Crippen LogP contribution is -2.37. The van der Waals surface area contributed by atoms with Crippen molar-refractivity contribution < 1.29 is 14.3 Å². The van der Waals surface area contributed by atoms with Gasteiger partial charge in [0.2, 0.25) is 5.91 Å². The summed E-state index contributed by atoms with van der Waals surface area (Å²) < 4.78 is 11.8. The molecule has 5 rings (SSSR count). The maximum absolute atomic E-state index is 12.8. The first-order valence-corrected chi connectivity index (χ1v) is 14.3. The minimum absolute atomic E-state index is 0.137. The fourth-order valence-corrected chi connectivity index (χ4v) is 6.04. The Bertz CT molecular complexity index is 1210. The number of para-hydroxylation sites is 1. The molecule has 0 radical (unpaired) electrons. The number of likely N-dealkylation sites (N-methyl/N-ethyl adjacent to an activating group) is 1. The van der Waals surface area contributed by atoms with E-state index in [4.69, 9.17) is 14.5 Å². The zero-order valence-electron chi connectivity index (χ0n) is 22.6. The topological polar surface area (TPSA) is 51.7 Å². The number of fused-ring (bicyclic) bond motifs is 1. The molecule has 1 aliphatic carbocycles. The number of carbonyl (C=O) groups excluding carboxylic acids is 1. The minimum Gasteiger partial charge on any atom is -0.457 e. The quantitative estimate of drug-likeness (QED) is 0.276. The van der Waals surface area contributed by atoms with Crippen molar-refractivity contribution in [3.63, 3.8) is 0 Å². The van der Waals surface area contributed by atoms with Crippen molar-refractivity contribution in [1.82, 2.24) is 9.88 Å². The smallest absolute Gasteiger partial charge is 0.246 e. The molecule has 0 N–H and O–H groups in total. The Kier molecular flexibility index (Phi) is 9.08. The molecule has 1 amide bonds. The molecule has 200 valence electrons. The first kappa shape index (κ1) is 26.4. The monoisotopic (exact) mass is 512 g/mol. The summed E-state index contributed by atoms with van der Waals surface area (Å²) in [5.41, 5.74) is 2.23. The molecule has 2 fully saturated rings. The molecule has 2 heterocycles. The van der Waals surface area contributed by atoms with E-state index in [2.05, 4.69) is 18.2 Å². The van der Waals surface area contributed by atoms with Gasteiger partial charge in [-0.2, -0.15) is 0 Å². The van der Waals surface area contributed by atoms with Gasteiger partial charge < -0.3 is 14.4 Å². The Labute approximate surface area is 226 Å². The molecule has 1 saturated heterocycles. The Morgan fingerprint density at radius 3 is 2.61 bits per heavy atom. The van der Waals surface area contributed by atoms with Gasteiger partial charge in [0.1, 0.15) is 11.5 Å². The minimum atomic E-state index is 0.137. The summed E-state index contributed by atoms with van der Waals surface area (Å²) in [4.78, 5) is 19.5. The average Bonchev–Trinajstić information content (AvgIpc) is 2.98. The molecule has 5 nitrogen and oxygen atoms in total. The number of rotatable bonds is 9. The number of benzene rings is 2. The number of pyridine rings is 1. The highest BCUT2D eigenvalue weighted by molar-refractivity contribution is 5.87. The fraction of sp³-hybridized carbons (Fsp3) is 0.455. The third kappa shape index (κ3) is 6.82. The van der Waals surface area contributed by atoms with E-state index in [1.54, 1.807) is 6.08 Å². The van der Waals surface area contributed by atoms with Crippen LogP contribution < -0.4 is 4.74 Å². The number of nitrogens with zero attached hydrogens (tertiary/aromatic N) is 2. The first-order valence-electron chi connectivity index (χ1n) is 14.3.